The van der Waals surface area contributed by atoms with Gasteiger partial charge in [-0.3, -0.25) is 24.6 Å². The topological polar surface area (TPSA) is 123 Å². The second-order valence-electron chi connectivity index (χ2n) is 8.50. The van der Waals surface area contributed by atoms with Gasteiger partial charge in [-0.2, -0.15) is 0 Å². The van der Waals surface area contributed by atoms with E-state index in [0.29, 0.717) is 28.1 Å². The highest BCUT2D eigenvalue weighted by Crippen LogP contribution is 2.44. The molecule has 0 saturated carbocycles. The molecule has 1 fully saturated rings. The van der Waals surface area contributed by atoms with Gasteiger partial charge in [-0.25, -0.2) is 9.37 Å². The lowest BCUT2D eigenvalue weighted by molar-refractivity contribution is -0.384. The van der Waals surface area contributed by atoms with Crippen LogP contribution in [-0.4, -0.2) is 33.3 Å². The number of Topliss-reactive ketones (excluding diaryl/α,β-unsaturated/α-hetero) is 1. The number of thiazole rings is 1. The summed E-state index contributed by atoms with van der Waals surface area (Å²) in [6.45, 7) is 2.40. The number of ether oxygens (including phenoxy) is 1. The van der Waals surface area contributed by atoms with Crippen LogP contribution in [0.5, 0.6) is 5.75 Å². The first kappa shape index (κ1) is 25.0. The van der Waals surface area contributed by atoms with E-state index in [1.54, 1.807) is 24.3 Å². The van der Waals surface area contributed by atoms with Gasteiger partial charge >= 0.3 is 5.91 Å². The van der Waals surface area contributed by atoms with Crippen molar-refractivity contribution in [1.82, 2.24) is 4.98 Å². The summed E-state index contributed by atoms with van der Waals surface area (Å²) in [5, 5.41) is 22.6. The van der Waals surface area contributed by atoms with Gasteiger partial charge in [0.25, 0.3) is 11.5 Å². The van der Waals surface area contributed by atoms with Crippen molar-refractivity contribution < 1.29 is 28.7 Å². The third kappa shape index (κ3) is 4.48. The number of nitrogens with zero attached hydrogens (tertiary/aromatic N) is 3. The summed E-state index contributed by atoms with van der Waals surface area (Å²) in [6.07, 6.45) is 0.771. The fraction of sp³-hybridized carbons (Fsp3) is 0.148. The summed E-state index contributed by atoms with van der Waals surface area (Å²) in [4.78, 5) is 42.9. The van der Waals surface area contributed by atoms with E-state index in [4.69, 9.17) is 4.74 Å². The maximum absolute atomic E-state index is 13.8. The average molecular weight is 534 g/mol. The van der Waals surface area contributed by atoms with Crippen LogP contribution in [0.25, 0.3) is 16.0 Å². The number of fused-ring (bicyclic) bond motifs is 1. The van der Waals surface area contributed by atoms with E-state index in [2.05, 4.69) is 4.98 Å². The van der Waals surface area contributed by atoms with Crippen LogP contribution in [0.15, 0.2) is 72.3 Å². The van der Waals surface area contributed by atoms with Gasteiger partial charge in [-0.1, -0.05) is 30.4 Å². The Morgan fingerprint density at radius 2 is 1.92 bits per heavy atom. The number of hydrogen-bond acceptors (Lipinski definition) is 8. The van der Waals surface area contributed by atoms with Crippen LogP contribution in [0.1, 0.15) is 30.5 Å². The minimum atomic E-state index is -1.14. The summed E-state index contributed by atoms with van der Waals surface area (Å²) < 4.78 is 19.9. The van der Waals surface area contributed by atoms with E-state index in [-0.39, 0.29) is 22.0 Å². The number of halogens is 1. The van der Waals surface area contributed by atoms with Crippen molar-refractivity contribution in [3.8, 4) is 5.75 Å². The van der Waals surface area contributed by atoms with Gasteiger partial charge < -0.3 is 9.84 Å². The lowest BCUT2D eigenvalue weighted by Crippen LogP contribution is -2.29. The zero-order chi connectivity index (χ0) is 27.0. The molecule has 0 spiro atoms. The molecule has 192 valence electrons. The maximum atomic E-state index is 13.8. The molecule has 1 aromatic heterocycles. The molecule has 11 heteroatoms. The number of anilines is 1. The molecule has 1 N–H and O–H groups in total. The Balaban J connectivity index is 1.68. The normalized spacial score (nSPS) is 16.8. The molecule has 38 heavy (non-hydrogen) atoms. The summed E-state index contributed by atoms with van der Waals surface area (Å²) >= 11 is 1.01. The number of ketones is 1. The largest absolute Gasteiger partial charge is 0.507 e. The SMILES string of the molecule is CCCOc1cccc(/C(O)=C2\C(=O)C(=O)N(c3nc4ccc(F)cc4s3)C2c2ccc([N+](=O)[O-])cc2)c1. The molecule has 1 aliphatic heterocycles. The van der Waals surface area contributed by atoms with Crippen molar-refractivity contribution in [1.29, 1.82) is 0 Å². The monoisotopic (exact) mass is 533 g/mol. The minimum Gasteiger partial charge on any atom is -0.507 e. The molecule has 1 amide bonds. The van der Waals surface area contributed by atoms with Crippen LogP contribution < -0.4 is 9.64 Å². The molecule has 0 radical (unpaired) electrons. The van der Waals surface area contributed by atoms with Gasteiger partial charge in [0.1, 0.15) is 17.3 Å². The van der Waals surface area contributed by atoms with Crippen LogP contribution in [0.4, 0.5) is 15.2 Å². The number of carbonyl (C=O) groups excluding carboxylic acids is 2. The van der Waals surface area contributed by atoms with E-state index in [9.17, 15) is 29.2 Å². The van der Waals surface area contributed by atoms with E-state index in [1.165, 1.54) is 42.5 Å². The van der Waals surface area contributed by atoms with E-state index < -0.39 is 34.2 Å². The highest BCUT2D eigenvalue weighted by molar-refractivity contribution is 7.22. The van der Waals surface area contributed by atoms with Gasteiger partial charge in [0.2, 0.25) is 0 Å². The molecule has 4 aromatic rings. The Labute approximate surface area is 219 Å². The van der Waals surface area contributed by atoms with Crippen LogP contribution in [0, 0.1) is 15.9 Å². The molecule has 5 rings (SSSR count). The van der Waals surface area contributed by atoms with Crippen LogP contribution in [-0.2, 0) is 9.59 Å². The number of nitro benzene ring substituents is 1. The predicted octanol–water partition coefficient (Wildman–Crippen LogP) is 5.76. The lowest BCUT2D eigenvalue weighted by Gasteiger charge is -2.23. The highest BCUT2D eigenvalue weighted by Gasteiger charge is 2.48. The summed E-state index contributed by atoms with van der Waals surface area (Å²) in [6, 6.07) is 14.7. The molecule has 1 saturated heterocycles. The van der Waals surface area contributed by atoms with Crippen LogP contribution in [0.2, 0.25) is 0 Å². The molecule has 1 atom stereocenters. The quantitative estimate of drug-likeness (QED) is 0.105. The first-order valence-electron chi connectivity index (χ1n) is 11.6. The molecular weight excluding hydrogens is 513 g/mol. The highest BCUT2D eigenvalue weighted by atomic mass is 32.1. The molecular formula is C27H20FN3O6S. The average Bonchev–Trinajstić information content (AvgIpc) is 3.44. The molecule has 9 nitrogen and oxygen atoms in total. The van der Waals surface area contributed by atoms with Crippen molar-refractivity contribution in [2.75, 3.05) is 11.5 Å². The van der Waals surface area contributed by atoms with E-state index in [0.717, 1.165) is 22.7 Å². The van der Waals surface area contributed by atoms with Crippen molar-refractivity contribution in [3.63, 3.8) is 0 Å². The number of aliphatic hydroxyl groups excluding tert-OH is 1. The summed E-state index contributed by atoms with van der Waals surface area (Å²) in [5.74, 6) is -2.32. The lowest BCUT2D eigenvalue weighted by atomic mass is 9.95. The Kier molecular flexibility index (Phi) is 6.60. The Hall–Kier alpha value is -4.64. The fourth-order valence-electron chi connectivity index (χ4n) is 4.22. The predicted molar refractivity (Wildman–Crippen MR) is 140 cm³/mol. The summed E-state index contributed by atoms with van der Waals surface area (Å²) in [5.41, 5.74) is 0.649. The number of aliphatic hydroxyl groups is 1. The molecule has 0 bridgehead atoms. The van der Waals surface area contributed by atoms with Crippen molar-refractivity contribution in [2.24, 2.45) is 0 Å². The molecule has 0 aliphatic carbocycles. The number of aromatic nitrogens is 1. The molecule has 1 aliphatic rings. The number of amides is 1. The first-order valence-corrected chi connectivity index (χ1v) is 12.4. The number of benzene rings is 3. The zero-order valence-corrected chi connectivity index (χ0v) is 20.8. The Morgan fingerprint density at radius 3 is 2.63 bits per heavy atom. The van der Waals surface area contributed by atoms with Gasteiger partial charge in [-0.05, 0) is 54.4 Å². The van der Waals surface area contributed by atoms with Gasteiger partial charge in [0, 0.05) is 17.7 Å². The Bertz CT molecular complexity index is 1610. The minimum absolute atomic E-state index is 0.120. The fourth-order valence-corrected chi connectivity index (χ4v) is 5.24. The molecule has 2 heterocycles. The maximum Gasteiger partial charge on any atom is 0.301 e. The first-order chi connectivity index (χ1) is 18.3. The smallest absolute Gasteiger partial charge is 0.301 e. The number of rotatable bonds is 7. The van der Waals surface area contributed by atoms with Gasteiger partial charge in [-0.15, -0.1) is 0 Å². The number of nitro groups is 1. The van der Waals surface area contributed by atoms with Crippen LogP contribution >= 0.6 is 11.3 Å². The number of hydrogen-bond donors (Lipinski definition) is 1. The van der Waals surface area contributed by atoms with Crippen molar-refractivity contribution in [3.05, 3.63) is 99.4 Å². The van der Waals surface area contributed by atoms with Gasteiger partial charge in [0.05, 0.1) is 33.4 Å². The van der Waals surface area contributed by atoms with Gasteiger partial charge in [0.15, 0.2) is 5.13 Å². The summed E-state index contributed by atoms with van der Waals surface area (Å²) in [7, 11) is 0. The third-order valence-electron chi connectivity index (χ3n) is 5.99. The number of non-ortho nitro benzene ring substituents is 1. The van der Waals surface area contributed by atoms with Crippen LogP contribution in [0.3, 0.4) is 0 Å². The second kappa shape index (κ2) is 10.0. The molecule has 1 unspecified atom stereocenters. The van der Waals surface area contributed by atoms with Crippen molar-refractivity contribution >= 4 is 49.8 Å². The third-order valence-corrected chi connectivity index (χ3v) is 7.01. The molecule has 3 aromatic carbocycles. The van der Waals surface area contributed by atoms with E-state index >= 15 is 0 Å². The Morgan fingerprint density at radius 1 is 1.16 bits per heavy atom. The zero-order valence-electron chi connectivity index (χ0n) is 20.0. The van der Waals surface area contributed by atoms with Crippen molar-refractivity contribution in [2.45, 2.75) is 19.4 Å². The standard InChI is InChI=1S/C27H20FN3O6S/c1-2-12-37-19-5-3-4-16(13-19)24(32)22-23(15-6-9-18(10-7-15)31(35)36)30(26(34)25(22)33)27-29-20-11-8-17(28)14-21(20)38-27/h3-11,13-14,23,32H,2,12H2,1H3/b24-22+. The number of carbonyl (C=O) groups is 2. The second-order valence-corrected chi connectivity index (χ2v) is 9.51. The van der Waals surface area contributed by atoms with E-state index in [1.807, 2.05) is 6.92 Å².